The lowest BCUT2D eigenvalue weighted by atomic mass is 10.3. The fraction of sp³-hybridized carbons (Fsp3) is 0.357. The molecule has 0 aliphatic rings. The van der Waals surface area contributed by atoms with Gasteiger partial charge in [-0.2, -0.15) is 0 Å². The predicted octanol–water partition coefficient (Wildman–Crippen LogP) is 2.17. The number of para-hydroxylation sites is 1. The molecule has 21 heavy (non-hydrogen) atoms. The summed E-state index contributed by atoms with van der Waals surface area (Å²) in [6.07, 6.45) is 0.998. The molecular formula is C14H18N4O2S. The summed E-state index contributed by atoms with van der Waals surface area (Å²) in [5.74, 6) is 0.558. The minimum Gasteiger partial charge on any atom is -0.492 e. The number of nitrogens with one attached hydrogen (secondary N) is 2. The number of carbonyl (C=O) groups excluding carboxylic acids is 1. The largest absolute Gasteiger partial charge is 0.492 e. The number of amides is 1. The first kappa shape index (κ1) is 15.2. The number of hydrogen-bond donors (Lipinski definition) is 2. The number of aromatic nitrogens is 2. The van der Waals surface area contributed by atoms with Gasteiger partial charge in [-0.3, -0.25) is 4.79 Å². The summed E-state index contributed by atoms with van der Waals surface area (Å²) in [6.45, 7) is 3.72. The average molecular weight is 306 g/mol. The molecule has 0 bridgehead atoms. The molecule has 1 aromatic carbocycles. The summed E-state index contributed by atoms with van der Waals surface area (Å²) in [7, 11) is 0. The second-order valence-corrected chi connectivity index (χ2v) is 5.23. The van der Waals surface area contributed by atoms with Gasteiger partial charge in [-0.05, 0) is 18.6 Å². The van der Waals surface area contributed by atoms with Crippen molar-refractivity contribution in [1.29, 1.82) is 0 Å². The van der Waals surface area contributed by atoms with Crippen LogP contribution in [0.1, 0.15) is 23.1 Å². The van der Waals surface area contributed by atoms with Crippen molar-refractivity contribution in [3.63, 3.8) is 0 Å². The monoisotopic (exact) mass is 306 g/mol. The summed E-state index contributed by atoms with van der Waals surface area (Å²) >= 11 is 1.25. The maximum absolute atomic E-state index is 11.9. The van der Waals surface area contributed by atoms with Gasteiger partial charge in [0.15, 0.2) is 0 Å². The third-order valence-electron chi connectivity index (χ3n) is 2.55. The molecule has 0 fully saturated rings. The zero-order chi connectivity index (χ0) is 14.9. The van der Waals surface area contributed by atoms with E-state index in [0.29, 0.717) is 23.3 Å². The quantitative estimate of drug-likeness (QED) is 0.731. The van der Waals surface area contributed by atoms with Gasteiger partial charge in [0.1, 0.15) is 12.4 Å². The Labute approximate surface area is 127 Å². The summed E-state index contributed by atoms with van der Waals surface area (Å²) in [4.78, 5) is 11.9. The molecule has 1 amide bonds. The van der Waals surface area contributed by atoms with Gasteiger partial charge in [0, 0.05) is 6.54 Å². The topological polar surface area (TPSA) is 76.1 Å². The first-order valence-corrected chi connectivity index (χ1v) is 7.64. The van der Waals surface area contributed by atoms with Crippen LogP contribution in [-0.2, 0) is 0 Å². The Kier molecular flexibility index (Phi) is 5.96. The molecule has 7 heteroatoms. The lowest BCUT2D eigenvalue weighted by Crippen LogP contribution is -2.28. The molecule has 1 aromatic heterocycles. The van der Waals surface area contributed by atoms with Crippen molar-refractivity contribution in [1.82, 2.24) is 15.5 Å². The molecule has 0 radical (unpaired) electrons. The standard InChI is InChI=1S/C14H18N4O2S/c1-2-8-16-14-18-17-13(21-14)12(19)15-9-10-20-11-6-4-3-5-7-11/h3-7H,2,8-10H2,1H3,(H,15,19)(H,16,18). The summed E-state index contributed by atoms with van der Waals surface area (Å²) < 4.78 is 5.49. The van der Waals surface area contributed by atoms with E-state index in [-0.39, 0.29) is 5.91 Å². The van der Waals surface area contributed by atoms with Gasteiger partial charge in [0.2, 0.25) is 10.1 Å². The highest BCUT2D eigenvalue weighted by Crippen LogP contribution is 2.14. The molecule has 2 rings (SSSR count). The molecular weight excluding hydrogens is 288 g/mol. The van der Waals surface area contributed by atoms with Crippen molar-refractivity contribution in [2.45, 2.75) is 13.3 Å². The Hall–Kier alpha value is -2.15. The summed E-state index contributed by atoms with van der Waals surface area (Å²) in [6, 6.07) is 9.48. The van der Waals surface area contributed by atoms with E-state index in [1.165, 1.54) is 11.3 Å². The fourth-order valence-corrected chi connectivity index (χ4v) is 2.23. The van der Waals surface area contributed by atoms with Crippen LogP contribution in [0.2, 0.25) is 0 Å². The molecule has 0 aliphatic carbocycles. The van der Waals surface area contributed by atoms with E-state index in [2.05, 4.69) is 27.8 Å². The van der Waals surface area contributed by atoms with E-state index in [4.69, 9.17) is 4.74 Å². The number of rotatable bonds is 8. The predicted molar refractivity (Wildman–Crippen MR) is 83.0 cm³/mol. The number of benzene rings is 1. The van der Waals surface area contributed by atoms with E-state index in [0.717, 1.165) is 18.7 Å². The van der Waals surface area contributed by atoms with Crippen LogP contribution in [0.3, 0.4) is 0 Å². The van der Waals surface area contributed by atoms with E-state index in [1.807, 2.05) is 30.3 Å². The highest BCUT2D eigenvalue weighted by molar-refractivity contribution is 7.17. The van der Waals surface area contributed by atoms with Crippen molar-refractivity contribution in [2.24, 2.45) is 0 Å². The van der Waals surface area contributed by atoms with Crippen LogP contribution in [0.4, 0.5) is 5.13 Å². The van der Waals surface area contributed by atoms with E-state index >= 15 is 0 Å². The van der Waals surface area contributed by atoms with E-state index in [1.54, 1.807) is 0 Å². The smallest absolute Gasteiger partial charge is 0.282 e. The summed E-state index contributed by atoms with van der Waals surface area (Å²) in [5.41, 5.74) is 0. The molecule has 0 saturated carbocycles. The molecule has 2 N–H and O–H groups in total. The van der Waals surface area contributed by atoms with Gasteiger partial charge in [-0.15, -0.1) is 10.2 Å². The normalized spacial score (nSPS) is 10.1. The zero-order valence-corrected chi connectivity index (χ0v) is 12.7. The van der Waals surface area contributed by atoms with Gasteiger partial charge in [0.05, 0.1) is 6.54 Å². The Morgan fingerprint density at radius 1 is 1.24 bits per heavy atom. The Balaban J connectivity index is 1.70. The average Bonchev–Trinajstić information content (AvgIpc) is 2.99. The minimum absolute atomic E-state index is 0.228. The number of ether oxygens (including phenoxy) is 1. The number of nitrogens with zero attached hydrogens (tertiary/aromatic N) is 2. The molecule has 0 atom stereocenters. The second-order valence-electron chi connectivity index (χ2n) is 4.26. The van der Waals surface area contributed by atoms with Crippen molar-refractivity contribution in [3.8, 4) is 5.75 Å². The van der Waals surface area contributed by atoms with Crippen LogP contribution >= 0.6 is 11.3 Å². The van der Waals surface area contributed by atoms with Crippen LogP contribution in [-0.4, -0.2) is 35.8 Å². The van der Waals surface area contributed by atoms with Crippen LogP contribution in [0.25, 0.3) is 0 Å². The highest BCUT2D eigenvalue weighted by atomic mass is 32.1. The van der Waals surface area contributed by atoms with Gasteiger partial charge in [-0.25, -0.2) is 0 Å². The van der Waals surface area contributed by atoms with Crippen molar-refractivity contribution < 1.29 is 9.53 Å². The summed E-state index contributed by atoms with van der Waals surface area (Å²) in [5, 5.41) is 14.7. The van der Waals surface area contributed by atoms with Crippen LogP contribution in [0.15, 0.2) is 30.3 Å². The van der Waals surface area contributed by atoms with Gasteiger partial charge < -0.3 is 15.4 Å². The second kappa shape index (κ2) is 8.21. The van der Waals surface area contributed by atoms with Crippen LogP contribution in [0, 0.1) is 0 Å². The molecule has 0 aliphatic heterocycles. The van der Waals surface area contributed by atoms with E-state index in [9.17, 15) is 4.79 Å². The SMILES string of the molecule is CCCNc1nnc(C(=O)NCCOc2ccccc2)s1. The Morgan fingerprint density at radius 2 is 2.05 bits per heavy atom. The maximum atomic E-state index is 11.9. The highest BCUT2D eigenvalue weighted by Gasteiger charge is 2.11. The van der Waals surface area contributed by atoms with Crippen molar-refractivity contribution >= 4 is 22.4 Å². The Morgan fingerprint density at radius 3 is 2.81 bits per heavy atom. The van der Waals surface area contributed by atoms with Crippen LogP contribution in [0.5, 0.6) is 5.75 Å². The van der Waals surface area contributed by atoms with Crippen LogP contribution < -0.4 is 15.4 Å². The zero-order valence-electron chi connectivity index (χ0n) is 11.8. The number of anilines is 1. The third kappa shape index (κ3) is 5.03. The number of hydrogen-bond acceptors (Lipinski definition) is 6. The first-order valence-electron chi connectivity index (χ1n) is 6.83. The lowest BCUT2D eigenvalue weighted by molar-refractivity contribution is 0.0946. The van der Waals surface area contributed by atoms with Gasteiger partial charge >= 0.3 is 0 Å². The third-order valence-corrected chi connectivity index (χ3v) is 3.42. The fourth-order valence-electron chi connectivity index (χ4n) is 1.54. The maximum Gasteiger partial charge on any atom is 0.282 e. The van der Waals surface area contributed by atoms with Gasteiger partial charge in [0.25, 0.3) is 5.91 Å². The van der Waals surface area contributed by atoms with Crippen molar-refractivity contribution in [2.75, 3.05) is 25.0 Å². The molecule has 6 nitrogen and oxygen atoms in total. The molecule has 0 unspecified atom stereocenters. The molecule has 2 aromatic rings. The van der Waals surface area contributed by atoms with E-state index < -0.39 is 0 Å². The van der Waals surface area contributed by atoms with Crippen molar-refractivity contribution in [3.05, 3.63) is 35.3 Å². The molecule has 112 valence electrons. The minimum atomic E-state index is -0.228. The number of carbonyl (C=O) groups is 1. The van der Waals surface area contributed by atoms with Gasteiger partial charge in [-0.1, -0.05) is 36.5 Å². The lowest BCUT2D eigenvalue weighted by Gasteiger charge is -2.06. The Bertz CT molecular complexity index is 559. The molecule has 0 saturated heterocycles. The molecule has 1 heterocycles. The first-order chi connectivity index (χ1) is 10.3. The molecule has 0 spiro atoms.